The van der Waals surface area contributed by atoms with E-state index in [4.69, 9.17) is 16.3 Å². The van der Waals surface area contributed by atoms with Gasteiger partial charge >= 0.3 is 5.97 Å². The first-order chi connectivity index (χ1) is 6.99. The summed E-state index contributed by atoms with van der Waals surface area (Å²) in [6, 6.07) is 4.64. The Morgan fingerprint density at radius 2 is 2.00 bits per heavy atom. The SMILES string of the molecule is CC(=O)Nc1ccc(OC(C)=O)c(Cl)c1. The Kier molecular flexibility index (Phi) is 3.68. The Hall–Kier alpha value is -1.55. The number of amides is 1. The average Bonchev–Trinajstić information content (AvgIpc) is 2.08. The maximum Gasteiger partial charge on any atom is 0.308 e. The van der Waals surface area contributed by atoms with Crippen molar-refractivity contribution in [2.24, 2.45) is 0 Å². The molecule has 1 amide bonds. The minimum atomic E-state index is -0.441. The predicted molar refractivity (Wildman–Crippen MR) is 57.1 cm³/mol. The highest BCUT2D eigenvalue weighted by Crippen LogP contribution is 2.27. The third-order valence-corrected chi connectivity index (χ3v) is 1.80. The topological polar surface area (TPSA) is 55.4 Å². The summed E-state index contributed by atoms with van der Waals surface area (Å²) >= 11 is 5.83. The summed E-state index contributed by atoms with van der Waals surface area (Å²) in [4.78, 5) is 21.4. The summed E-state index contributed by atoms with van der Waals surface area (Å²) in [6.45, 7) is 2.69. The summed E-state index contributed by atoms with van der Waals surface area (Å²) in [6.07, 6.45) is 0. The van der Waals surface area contributed by atoms with Crippen LogP contribution in [0, 0.1) is 0 Å². The van der Waals surface area contributed by atoms with Crippen molar-refractivity contribution in [3.8, 4) is 5.75 Å². The maximum absolute atomic E-state index is 10.7. The molecule has 1 N–H and O–H groups in total. The van der Waals surface area contributed by atoms with E-state index in [1.54, 1.807) is 6.07 Å². The maximum atomic E-state index is 10.7. The van der Waals surface area contributed by atoms with Crippen LogP contribution < -0.4 is 10.1 Å². The van der Waals surface area contributed by atoms with Crippen molar-refractivity contribution in [3.63, 3.8) is 0 Å². The number of halogens is 1. The lowest BCUT2D eigenvalue weighted by atomic mass is 10.3. The van der Waals surface area contributed by atoms with E-state index in [1.807, 2.05) is 0 Å². The Morgan fingerprint density at radius 3 is 2.47 bits per heavy atom. The minimum Gasteiger partial charge on any atom is -0.425 e. The van der Waals surface area contributed by atoms with Crippen LogP contribution in [0.25, 0.3) is 0 Å². The summed E-state index contributed by atoms with van der Waals surface area (Å²) in [5.41, 5.74) is 0.559. The highest BCUT2D eigenvalue weighted by atomic mass is 35.5. The number of carbonyl (C=O) groups excluding carboxylic acids is 2. The van der Waals surface area contributed by atoms with Gasteiger partial charge in [-0.1, -0.05) is 11.6 Å². The number of esters is 1. The van der Waals surface area contributed by atoms with Crippen LogP contribution >= 0.6 is 11.6 Å². The lowest BCUT2D eigenvalue weighted by Crippen LogP contribution is -2.06. The van der Waals surface area contributed by atoms with Crippen LogP contribution in [-0.2, 0) is 9.59 Å². The summed E-state index contributed by atoms with van der Waals surface area (Å²) in [5.74, 6) is -0.353. The zero-order chi connectivity index (χ0) is 11.4. The molecule has 0 fully saturated rings. The first-order valence-corrected chi connectivity index (χ1v) is 4.62. The van der Waals surface area contributed by atoms with Gasteiger partial charge in [0, 0.05) is 19.5 Å². The van der Waals surface area contributed by atoms with Crippen molar-refractivity contribution >= 4 is 29.2 Å². The fourth-order valence-electron chi connectivity index (χ4n) is 1.02. The van der Waals surface area contributed by atoms with Gasteiger partial charge in [-0.05, 0) is 18.2 Å². The van der Waals surface area contributed by atoms with Crippen molar-refractivity contribution in [2.45, 2.75) is 13.8 Å². The molecule has 0 bridgehead atoms. The number of anilines is 1. The normalized spacial score (nSPS) is 9.53. The fraction of sp³-hybridized carbons (Fsp3) is 0.200. The van der Waals surface area contributed by atoms with Gasteiger partial charge in [-0.2, -0.15) is 0 Å². The van der Waals surface area contributed by atoms with E-state index in [2.05, 4.69) is 5.32 Å². The molecule has 4 nitrogen and oxygen atoms in total. The molecule has 0 spiro atoms. The largest absolute Gasteiger partial charge is 0.425 e. The molecule has 0 aliphatic heterocycles. The van der Waals surface area contributed by atoms with Crippen LogP contribution in [0.15, 0.2) is 18.2 Å². The first kappa shape index (κ1) is 11.5. The third kappa shape index (κ3) is 3.59. The van der Waals surface area contributed by atoms with E-state index in [0.717, 1.165) is 0 Å². The molecule has 0 saturated carbocycles. The van der Waals surface area contributed by atoms with E-state index in [9.17, 15) is 9.59 Å². The lowest BCUT2D eigenvalue weighted by molar-refractivity contribution is -0.131. The number of nitrogens with one attached hydrogen (secondary N) is 1. The average molecular weight is 228 g/mol. The Bertz CT molecular complexity index is 404. The number of ether oxygens (including phenoxy) is 1. The standard InChI is InChI=1S/C10H10ClNO3/c1-6(13)12-8-3-4-10(9(11)5-8)15-7(2)14/h3-5H,1-2H3,(H,12,13). The molecule has 1 aromatic rings. The summed E-state index contributed by atoms with van der Waals surface area (Å²) in [5, 5.41) is 2.84. The van der Waals surface area contributed by atoms with Gasteiger partial charge in [-0.3, -0.25) is 9.59 Å². The van der Waals surface area contributed by atoms with E-state index < -0.39 is 5.97 Å². The van der Waals surface area contributed by atoms with Crippen LogP contribution in [0.2, 0.25) is 5.02 Å². The van der Waals surface area contributed by atoms with Gasteiger partial charge in [0.05, 0.1) is 5.02 Å². The van der Waals surface area contributed by atoms with Gasteiger partial charge in [-0.15, -0.1) is 0 Å². The van der Waals surface area contributed by atoms with Crippen molar-refractivity contribution in [1.82, 2.24) is 0 Å². The first-order valence-electron chi connectivity index (χ1n) is 4.24. The van der Waals surface area contributed by atoms with Crippen LogP contribution in [-0.4, -0.2) is 11.9 Å². The molecule has 0 radical (unpaired) electrons. The molecular formula is C10H10ClNO3. The van der Waals surface area contributed by atoms with Gasteiger partial charge < -0.3 is 10.1 Å². The van der Waals surface area contributed by atoms with Gasteiger partial charge in [0.25, 0.3) is 0 Å². The highest BCUT2D eigenvalue weighted by molar-refractivity contribution is 6.32. The predicted octanol–water partition coefficient (Wildman–Crippen LogP) is 2.22. The van der Waals surface area contributed by atoms with Gasteiger partial charge in [0.2, 0.25) is 5.91 Å². The van der Waals surface area contributed by atoms with E-state index in [0.29, 0.717) is 5.69 Å². The molecule has 0 atom stereocenters. The molecule has 0 aromatic heterocycles. The van der Waals surface area contributed by atoms with Crippen molar-refractivity contribution in [1.29, 1.82) is 0 Å². The molecule has 0 saturated heterocycles. The zero-order valence-electron chi connectivity index (χ0n) is 8.33. The number of benzene rings is 1. The third-order valence-electron chi connectivity index (χ3n) is 1.51. The molecule has 80 valence electrons. The van der Waals surface area contributed by atoms with Crippen LogP contribution in [0.3, 0.4) is 0 Å². The Labute approximate surface area is 92.2 Å². The second kappa shape index (κ2) is 4.79. The lowest BCUT2D eigenvalue weighted by Gasteiger charge is -2.06. The van der Waals surface area contributed by atoms with Crippen LogP contribution in [0.5, 0.6) is 5.75 Å². The molecule has 1 aromatic carbocycles. The van der Waals surface area contributed by atoms with Crippen molar-refractivity contribution < 1.29 is 14.3 Å². The number of rotatable bonds is 2. The quantitative estimate of drug-likeness (QED) is 0.623. The van der Waals surface area contributed by atoms with Gasteiger partial charge in [-0.25, -0.2) is 0 Å². The minimum absolute atomic E-state index is 0.189. The highest BCUT2D eigenvalue weighted by Gasteiger charge is 2.05. The molecule has 0 aliphatic carbocycles. The smallest absolute Gasteiger partial charge is 0.308 e. The number of hydrogen-bond acceptors (Lipinski definition) is 3. The van der Waals surface area contributed by atoms with Gasteiger partial charge in [0.15, 0.2) is 0 Å². The van der Waals surface area contributed by atoms with E-state index >= 15 is 0 Å². The number of hydrogen-bond donors (Lipinski definition) is 1. The molecular weight excluding hydrogens is 218 g/mol. The number of carbonyl (C=O) groups is 2. The Balaban J connectivity index is 2.87. The summed E-state index contributed by atoms with van der Waals surface area (Å²) < 4.78 is 4.82. The monoisotopic (exact) mass is 227 g/mol. The molecule has 1 rings (SSSR count). The Morgan fingerprint density at radius 1 is 1.33 bits per heavy atom. The molecule has 15 heavy (non-hydrogen) atoms. The van der Waals surface area contributed by atoms with Crippen LogP contribution in [0.1, 0.15) is 13.8 Å². The van der Waals surface area contributed by atoms with Crippen molar-refractivity contribution in [2.75, 3.05) is 5.32 Å². The summed E-state index contributed by atoms with van der Waals surface area (Å²) in [7, 11) is 0. The zero-order valence-corrected chi connectivity index (χ0v) is 9.09. The second-order valence-corrected chi connectivity index (χ2v) is 3.33. The van der Waals surface area contributed by atoms with Gasteiger partial charge in [0.1, 0.15) is 5.75 Å². The molecule has 0 aliphatic rings. The van der Waals surface area contributed by atoms with E-state index in [-0.39, 0.29) is 16.7 Å². The molecule has 5 heteroatoms. The molecule has 0 unspecified atom stereocenters. The molecule has 0 heterocycles. The van der Waals surface area contributed by atoms with Crippen LogP contribution in [0.4, 0.5) is 5.69 Å². The van der Waals surface area contributed by atoms with Crippen molar-refractivity contribution in [3.05, 3.63) is 23.2 Å². The second-order valence-electron chi connectivity index (χ2n) is 2.92. The fourth-order valence-corrected chi connectivity index (χ4v) is 1.24. The van der Waals surface area contributed by atoms with E-state index in [1.165, 1.54) is 26.0 Å².